The highest BCUT2D eigenvalue weighted by Gasteiger charge is 2.36. The predicted octanol–water partition coefficient (Wildman–Crippen LogP) is 4.76. The lowest BCUT2D eigenvalue weighted by Crippen LogP contribution is -2.49. The van der Waals surface area contributed by atoms with E-state index in [2.05, 4.69) is 20.9 Å². The zero-order valence-corrected chi connectivity index (χ0v) is 14.1. The second kappa shape index (κ2) is 6.12. The van der Waals surface area contributed by atoms with Crippen LogP contribution in [0.4, 0.5) is 28.8 Å². The highest BCUT2D eigenvalue weighted by molar-refractivity contribution is 9.10. The molecular weight excluding hydrogens is 395 g/mol. The van der Waals surface area contributed by atoms with Crippen LogP contribution in [0, 0.1) is 0 Å². The van der Waals surface area contributed by atoms with Crippen molar-refractivity contribution in [2.75, 3.05) is 22.9 Å². The summed E-state index contributed by atoms with van der Waals surface area (Å²) in [4.78, 5) is 19.0. The maximum Gasteiger partial charge on any atom is 0.434 e. The zero-order chi connectivity index (χ0) is 16.6. The molecule has 2 aromatic rings. The number of amides is 2. The molecule has 1 saturated heterocycles. The van der Waals surface area contributed by atoms with Crippen LogP contribution in [0.25, 0.3) is 0 Å². The summed E-state index contributed by atoms with van der Waals surface area (Å²) in [6, 6.07) is 6.84. The van der Waals surface area contributed by atoms with E-state index in [9.17, 15) is 18.0 Å². The fourth-order valence-corrected chi connectivity index (χ4v) is 3.40. The van der Waals surface area contributed by atoms with E-state index >= 15 is 0 Å². The Morgan fingerprint density at radius 1 is 1.13 bits per heavy atom. The van der Waals surface area contributed by atoms with Gasteiger partial charge in [-0.3, -0.25) is 9.80 Å². The Hall–Kier alpha value is -1.61. The summed E-state index contributed by atoms with van der Waals surface area (Å²) in [7, 11) is 0. The number of nitrogens with zero attached hydrogens (tertiary/aromatic N) is 3. The van der Waals surface area contributed by atoms with Gasteiger partial charge in [0.15, 0.2) is 10.8 Å². The minimum atomic E-state index is -4.50. The second-order valence-corrected chi connectivity index (χ2v) is 6.68. The maximum absolute atomic E-state index is 12.7. The number of urea groups is 1. The first-order valence-electron chi connectivity index (χ1n) is 6.73. The first-order chi connectivity index (χ1) is 10.9. The van der Waals surface area contributed by atoms with Gasteiger partial charge in [-0.25, -0.2) is 9.78 Å². The molecule has 3 rings (SSSR count). The van der Waals surface area contributed by atoms with Crippen LogP contribution in [-0.2, 0) is 6.18 Å². The number of halogens is 4. The molecule has 1 aliphatic heterocycles. The smallest absolute Gasteiger partial charge is 0.294 e. The summed E-state index contributed by atoms with van der Waals surface area (Å²) in [6.07, 6.45) is -3.85. The average Bonchev–Trinajstić information content (AvgIpc) is 2.98. The lowest BCUT2D eigenvalue weighted by molar-refractivity contribution is -0.140. The Kier molecular flexibility index (Phi) is 4.33. The standard InChI is InChI=1S/C14H11BrF3N3OS/c15-9-2-4-10(5-3-9)20-6-1-7-21(13(20)22)12-19-11(8-23-12)14(16,17)18/h2-5,8H,1,6-7H2. The van der Waals surface area contributed by atoms with Crippen molar-refractivity contribution in [3.63, 3.8) is 0 Å². The molecule has 0 atom stereocenters. The van der Waals surface area contributed by atoms with E-state index in [0.717, 1.165) is 21.2 Å². The average molecular weight is 406 g/mol. The number of alkyl halides is 3. The molecule has 23 heavy (non-hydrogen) atoms. The summed E-state index contributed by atoms with van der Waals surface area (Å²) in [5.41, 5.74) is -0.262. The Morgan fingerprint density at radius 3 is 2.39 bits per heavy atom. The Labute approximate surface area is 142 Å². The van der Waals surface area contributed by atoms with Crippen molar-refractivity contribution in [2.45, 2.75) is 12.6 Å². The molecule has 0 bridgehead atoms. The predicted molar refractivity (Wildman–Crippen MR) is 86.0 cm³/mol. The van der Waals surface area contributed by atoms with E-state index in [1.807, 2.05) is 12.1 Å². The number of anilines is 2. The Balaban J connectivity index is 1.85. The Bertz CT molecular complexity index is 717. The number of hydrogen-bond acceptors (Lipinski definition) is 3. The van der Waals surface area contributed by atoms with Crippen molar-refractivity contribution in [3.8, 4) is 0 Å². The second-order valence-electron chi connectivity index (χ2n) is 4.93. The van der Waals surface area contributed by atoms with Gasteiger partial charge in [-0.1, -0.05) is 15.9 Å². The molecule has 0 N–H and O–H groups in total. The number of thiazole rings is 1. The highest BCUT2D eigenvalue weighted by atomic mass is 79.9. The highest BCUT2D eigenvalue weighted by Crippen LogP contribution is 2.34. The number of hydrogen-bond donors (Lipinski definition) is 0. The lowest BCUT2D eigenvalue weighted by atomic mass is 10.2. The fourth-order valence-electron chi connectivity index (χ4n) is 2.28. The zero-order valence-electron chi connectivity index (χ0n) is 11.7. The number of rotatable bonds is 2. The lowest BCUT2D eigenvalue weighted by Gasteiger charge is -2.34. The molecule has 2 heterocycles. The Morgan fingerprint density at radius 2 is 1.78 bits per heavy atom. The molecule has 4 nitrogen and oxygen atoms in total. The van der Waals surface area contributed by atoms with Gasteiger partial charge in [0, 0.05) is 28.6 Å². The molecule has 0 spiro atoms. The third-order valence-electron chi connectivity index (χ3n) is 3.38. The summed E-state index contributed by atoms with van der Waals surface area (Å²) in [5.74, 6) is 0. The molecule has 2 amide bonds. The quantitative estimate of drug-likeness (QED) is 0.721. The SMILES string of the molecule is O=C1N(c2ccc(Br)cc2)CCCN1c1nc(C(F)(F)F)cs1. The summed E-state index contributed by atoms with van der Waals surface area (Å²) in [6.45, 7) is 0.880. The van der Waals surface area contributed by atoms with E-state index in [-0.39, 0.29) is 11.2 Å². The van der Waals surface area contributed by atoms with Gasteiger partial charge in [0.1, 0.15) is 0 Å². The first kappa shape index (κ1) is 16.3. The molecular formula is C14H11BrF3N3OS. The van der Waals surface area contributed by atoms with E-state index in [1.165, 1.54) is 4.90 Å². The molecule has 9 heteroatoms. The molecule has 0 saturated carbocycles. The van der Waals surface area contributed by atoms with Crippen molar-refractivity contribution in [3.05, 3.63) is 39.8 Å². The van der Waals surface area contributed by atoms with Gasteiger partial charge < -0.3 is 0 Å². The van der Waals surface area contributed by atoms with Gasteiger partial charge in [-0.15, -0.1) is 11.3 Å². The number of carbonyl (C=O) groups excluding carboxylic acids is 1. The van der Waals surface area contributed by atoms with Crippen molar-refractivity contribution < 1.29 is 18.0 Å². The van der Waals surface area contributed by atoms with E-state index in [1.54, 1.807) is 17.0 Å². The molecule has 1 fully saturated rings. The first-order valence-corrected chi connectivity index (χ1v) is 8.41. The van der Waals surface area contributed by atoms with E-state index in [4.69, 9.17) is 0 Å². The minimum absolute atomic E-state index is 0.0733. The monoisotopic (exact) mass is 405 g/mol. The van der Waals surface area contributed by atoms with E-state index < -0.39 is 11.9 Å². The molecule has 0 radical (unpaired) electrons. The van der Waals surface area contributed by atoms with Crippen LogP contribution in [0.3, 0.4) is 0 Å². The van der Waals surface area contributed by atoms with Crippen molar-refractivity contribution >= 4 is 44.1 Å². The summed E-state index contributed by atoms with van der Waals surface area (Å²) < 4.78 is 38.9. The summed E-state index contributed by atoms with van der Waals surface area (Å²) >= 11 is 4.15. The number of aromatic nitrogens is 1. The number of benzene rings is 1. The third-order valence-corrected chi connectivity index (χ3v) is 4.77. The van der Waals surface area contributed by atoms with Crippen LogP contribution in [-0.4, -0.2) is 24.1 Å². The van der Waals surface area contributed by atoms with Crippen LogP contribution >= 0.6 is 27.3 Å². The van der Waals surface area contributed by atoms with Crippen LogP contribution in [0.5, 0.6) is 0 Å². The van der Waals surface area contributed by atoms with E-state index in [0.29, 0.717) is 25.2 Å². The molecule has 0 unspecified atom stereocenters. The fraction of sp³-hybridized carbons (Fsp3) is 0.286. The molecule has 1 aromatic carbocycles. The molecule has 0 aliphatic carbocycles. The minimum Gasteiger partial charge on any atom is -0.294 e. The van der Waals surface area contributed by atoms with Gasteiger partial charge >= 0.3 is 12.2 Å². The normalized spacial score (nSPS) is 16.1. The van der Waals surface area contributed by atoms with Crippen LogP contribution in [0.2, 0.25) is 0 Å². The summed E-state index contributed by atoms with van der Waals surface area (Å²) in [5, 5.41) is 1.01. The maximum atomic E-state index is 12.7. The molecule has 1 aromatic heterocycles. The largest absolute Gasteiger partial charge is 0.434 e. The number of carbonyl (C=O) groups is 1. The van der Waals surface area contributed by atoms with Crippen molar-refractivity contribution in [1.29, 1.82) is 0 Å². The molecule has 1 aliphatic rings. The topological polar surface area (TPSA) is 36.4 Å². The van der Waals surface area contributed by atoms with Gasteiger partial charge in [-0.05, 0) is 30.7 Å². The van der Waals surface area contributed by atoms with Gasteiger partial charge in [0.2, 0.25) is 0 Å². The molecule has 122 valence electrons. The van der Waals surface area contributed by atoms with Gasteiger partial charge in [0.05, 0.1) is 0 Å². The van der Waals surface area contributed by atoms with Gasteiger partial charge in [0.25, 0.3) is 0 Å². The van der Waals surface area contributed by atoms with Crippen LogP contribution in [0.15, 0.2) is 34.1 Å². The van der Waals surface area contributed by atoms with Crippen molar-refractivity contribution in [1.82, 2.24) is 4.98 Å². The van der Waals surface area contributed by atoms with Crippen molar-refractivity contribution in [2.24, 2.45) is 0 Å². The third kappa shape index (κ3) is 3.35. The van der Waals surface area contributed by atoms with Crippen LogP contribution < -0.4 is 9.80 Å². The van der Waals surface area contributed by atoms with Crippen LogP contribution in [0.1, 0.15) is 12.1 Å². The van der Waals surface area contributed by atoms with Gasteiger partial charge in [-0.2, -0.15) is 13.2 Å².